The van der Waals surface area contributed by atoms with Crippen LogP contribution >= 0.6 is 0 Å². The van der Waals surface area contributed by atoms with Crippen molar-refractivity contribution in [3.05, 3.63) is 0 Å². The Bertz CT molecular complexity index is 200. The van der Waals surface area contributed by atoms with Crippen LogP contribution in [0, 0.1) is 0 Å². The van der Waals surface area contributed by atoms with Crippen LogP contribution in [0.3, 0.4) is 0 Å². The summed E-state index contributed by atoms with van der Waals surface area (Å²) in [5.41, 5.74) is -0.493. The molecule has 0 aromatic carbocycles. The zero-order valence-corrected chi connectivity index (χ0v) is 8.26. The van der Waals surface area contributed by atoms with E-state index in [1.165, 1.54) is 0 Å². The summed E-state index contributed by atoms with van der Waals surface area (Å²) >= 11 is 0. The van der Waals surface area contributed by atoms with Crippen LogP contribution in [0.4, 0.5) is 4.39 Å². The molecule has 0 saturated carbocycles. The Morgan fingerprint density at radius 3 is 2.54 bits per heavy atom. The quantitative estimate of drug-likeness (QED) is 0.626. The van der Waals surface area contributed by atoms with Gasteiger partial charge in [0.2, 0.25) is 0 Å². The fourth-order valence-corrected chi connectivity index (χ4v) is 1.25. The van der Waals surface area contributed by atoms with E-state index in [1.54, 1.807) is 20.8 Å². The fourth-order valence-electron chi connectivity index (χ4n) is 1.25. The first kappa shape index (κ1) is 10.4. The van der Waals surface area contributed by atoms with Crippen LogP contribution in [-0.4, -0.2) is 30.3 Å². The second-order valence-electron chi connectivity index (χ2n) is 4.33. The van der Waals surface area contributed by atoms with Gasteiger partial charge in [-0.2, -0.15) is 0 Å². The predicted octanol–water partition coefficient (Wildman–Crippen LogP) is 1.03. The van der Waals surface area contributed by atoms with Crippen molar-refractivity contribution in [3.63, 3.8) is 0 Å². The van der Waals surface area contributed by atoms with E-state index < -0.39 is 17.8 Å². The molecule has 1 N–H and O–H groups in total. The van der Waals surface area contributed by atoms with Crippen LogP contribution in [0.1, 0.15) is 27.2 Å². The monoisotopic (exact) mass is 189 g/mol. The number of carbonyl (C=O) groups is 1. The topological polar surface area (TPSA) is 38.3 Å². The molecule has 0 bridgehead atoms. The largest absolute Gasteiger partial charge is 0.459 e. The number of halogens is 1. The number of alkyl halides is 1. The predicted molar refractivity (Wildman–Crippen MR) is 47.1 cm³/mol. The number of esters is 1. The van der Waals surface area contributed by atoms with Crippen molar-refractivity contribution >= 4 is 5.97 Å². The summed E-state index contributed by atoms with van der Waals surface area (Å²) in [6.45, 7) is 5.65. The Hall–Kier alpha value is -0.640. The molecule has 4 heteroatoms. The van der Waals surface area contributed by atoms with Gasteiger partial charge in [0.1, 0.15) is 17.8 Å². The van der Waals surface area contributed by atoms with Crippen molar-refractivity contribution in [2.24, 2.45) is 0 Å². The Kier molecular flexibility index (Phi) is 2.91. The summed E-state index contributed by atoms with van der Waals surface area (Å²) in [5.74, 6) is -0.354. The van der Waals surface area contributed by atoms with Gasteiger partial charge in [-0.05, 0) is 20.8 Å². The van der Waals surface area contributed by atoms with Gasteiger partial charge in [0.25, 0.3) is 0 Å². The number of hydrogen-bond donors (Lipinski definition) is 1. The maximum absolute atomic E-state index is 12.7. The van der Waals surface area contributed by atoms with Crippen molar-refractivity contribution < 1.29 is 13.9 Å². The van der Waals surface area contributed by atoms with Crippen LogP contribution < -0.4 is 5.32 Å². The van der Waals surface area contributed by atoms with E-state index in [2.05, 4.69) is 5.32 Å². The summed E-state index contributed by atoms with van der Waals surface area (Å²) in [7, 11) is 0. The van der Waals surface area contributed by atoms with Gasteiger partial charge in [0, 0.05) is 13.0 Å². The van der Waals surface area contributed by atoms with Crippen molar-refractivity contribution in [1.82, 2.24) is 5.32 Å². The second-order valence-corrected chi connectivity index (χ2v) is 4.33. The van der Waals surface area contributed by atoms with E-state index >= 15 is 0 Å². The summed E-state index contributed by atoms with van der Waals surface area (Å²) in [6.07, 6.45) is -0.688. The first-order valence-electron chi connectivity index (χ1n) is 4.49. The van der Waals surface area contributed by atoms with E-state index in [1.807, 2.05) is 0 Å². The molecule has 13 heavy (non-hydrogen) atoms. The van der Waals surface area contributed by atoms with Crippen molar-refractivity contribution in [2.45, 2.75) is 45.0 Å². The highest BCUT2D eigenvalue weighted by Crippen LogP contribution is 2.15. The first-order chi connectivity index (χ1) is 5.88. The Balaban J connectivity index is 2.41. The van der Waals surface area contributed by atoms with E-state index in [-0.39, 0.29) is 18.9 Å². The summed E-state index contributed by atoms with van der Waals surface area (Å²) in [4.78, 5) is 11.4. The number of ether oxygens (including phenoxy) is 1. The van der Waals surface area contributed by atoms with Gasteiger partial charge >= 0.3 is 5.97 Å². The van der Waals surface area contributed by atoms with Crippen molar-refractivity contribution in [2.75, 3.05) is 6.54 Å². The van der Waals surface area contributed by atoms with E-state index in [0.29, 0.717) is 0 Å². The third kappa shape index (κ3) is 3.30. The van der Waals surface area contributed by atoms with Gasteiger partial charge in [-0.1, -0.05) is 0 Å². The normalized spacial score (nSPS) is 28.9. The summed E-state index contributed by atoms with van der Waals surface area (Å²) < 4.78 is 17.8. The average Bonchev–Trinajstić information content (AvgIpc) is 2.31. The van der Waals surface area contributed by atoms with Gasteiger partial charge in [0.05, 0.1) is 0 Å². The lowest BCUT2D eigenvalue weighted by Crippen LogP contribution is -2.37. The highest BCUT2D eigenvalue weighted by molar-refractivity contribution is 5.76. The molecule has 1 saturated heterocycles. The second kappa shape index (κ2) is 3.62. The summed E-state index contributed by atoms with van der Waals surface area (Å²) in [5, 5.41) is 2.78. The van der Waals surface area contributed by atoms with Gasteiger partial charge < -0.3 is 10.1 Å². The minimum Gasteiger partial charge on any atom is -0.459 e. The lowest BCUT2D eigenvalue weighted by molar-refractivity contribution is -0.157. The minimum atomic E-state index is -0.919. The Labute approximate surface area is 77.6 Å². The third-order valence-corrected chi connectivity index (χ3v) is 1.77. The molecular weight excluding hydrogens is 173 g/mol. The van der Waals surface area contributed by atoms with Crippen molar-refractivity contribution in [1.29, 1.82) is 0 Å². The molecule has 2 atom stereocenters. The molecule has 1 fully saturated rings. The van der Waals surface area contributed by atoms with Crippen LogP contribution in [0.25, 0.3) is 0 Å². The maximum Gasteiger partial charge on any atom is 0.323 e. The molecule has 1 heterocycles. The van der Waals surface area contributed by atoms with E-state index in [0.717, 1.165) is 0 Å². The highest BCUT2D eigenvalue weighted by Gasteiger charge is 2.32. The highest BCUT2D eigenvalue weighted by atomic mass is 19.1. The Morgan fingerprint density at radius 2 is 2.15 bits per heavy atom. The zero-order chi connectivity index (χ0) is 10.1. The molecule has 3 nitrogen and oxygen atoms in total. The molecule has 0 spiro atoms. The molecule has 0 aliphatic carbocycles. The molecule has 1 aliphatic heterocycles. The first-order valence-corrected chi connectivity index (χ1v) is 4.49. The maximum atomic E-state index is 12.7. The summed E-state index contributed by atoms with van der Waals surface area (Å²) in [6, 6.07) is -0.464. The molecular formula is C9H16FNO2. The standard InChI is InChI=1S/C9H16FNO2/c1-9(2,3)13-8(12)7-4-6(10)5-11-7/h6-7,11H,4-5H2,1-3H3/t6?,7-/m0/s1. The number of rotatable bonds is 1. The average molecular weight is 189 g/mol. The lowest BCUT2D eigenvalue weighted by atomic mass is 10.1. The molecule has 0 aromatic rings. The third-order valence-electron chi connectivity index (χ3n) is 1.77. The van der Waals surface area contributed by atoms with Crippen molar-refractivity contribution in [3.8, 4) is 0 Å². The number of hydrogen-bond acceptors (Lipinski definition) is 3. The smallest absolute Gasteiger partial charge is 0.323 e. The molecule has 0 aromatic heterocycles. The molecule has 76 valence electrons. The van der Waals surface area contributed by atoms with Crippen LogP contribution in [0.5, 0.6) is 0 Å². The molecule has 1 rings (SSSR count). The van der Waals surface area contributed by atoms with Gasteiger partial charge in [-0.3, -0.25) is 4.79 Å². The Morgan fingerprint density at radius 1 is 1.54 bits per heavy atom. The van der Waals surface area contributed by atoms with Crippen LogP contribution in [-0.2, 0) is 9.53 Å². The van der Waals surface area contributed by atoms with Gasteiger partial charge in [-0.25, -0.2) is 4.39 Å². The molecule has 1 unspecified atom stereocenters. The van der Waals surface area contributed by atoms with Gasteiger partial charge in [-0.15, -0.1) is 0 Å². The minimum absolute atomic E-state index is 0.231. The fraction of sp³-hybridized carbons (Fsp3) is 0.889. The van der Waals surface area contributed by atoms with E-state index in [4.69, 9.17) is 4.74 Å². The molecule has 0 amide bonds. The van der Waals surface area contributed by atoms with E-state index in [9.17, 15) is 9.18 Å². The molecule has 0 radical (unpaired) electrons. The van der Waals surface area contributed by atoms with Crippen LogP contribution in [0.2, 0.25) is 0 Å². The van der Waals surface area contributed by atoms with Gasteiger partial charge in [0.15, 0.2) is 0 Å². The zero-order valence-electron chi connectivity index (χ0n) is 8.26. The lowest BCUT2D eigenvalue weighted by Gasteiger charge is -2.21. The number of carbonyl (C=O) groups excluding carboxylic acids is 1. The SMILES string of the molecule is CC(C)(C)OC(=O)[C@@H]1CC(F)CN1. The van der Waals surface area contributed by atoms with Crippen LogP contribution in [0.15, 0.2) is 0 Å². The molecule has 1 aliphatic rings. The number of nitrogens with one attached hydrogen (secondary N) is 1.